The van der Waals surface area contributed by atoms with Gasteiger partial charge in [0.1, 0.15) is 5.82 Å². The number of hydrogen-bond donors (Lipinski definition) is 3. The Morgan fingerprint density at radius 1 is 1.13 bits per heavy atom. The van der Waals surface area contributed by atoms with Crippen molar-refractivity contribution in [2.75, 3.05) is 19.6 Å². The van der Waals surface area contributed by atoms with Crippen molar-refractivity contribution < 1.29 is 4.39 Å². The number of aromatic amines is 1. The van der Waals surface area contributed by atoms with Gasteiger partial charge >= 0.3 is 0 Å². The summed E-state index contributed by atoms with van der Waals surface area (Å²) >= 11 is 0. The number of nitrogens with zero attached hydrogens (tertiary/aromatic N) is 3. The van der Waals surface area contributed by atoms with Crippen LogP contribution < -0.4 is 11.5 Å². The highest BCUT2D eigenvalue weighted by molar-refractivity contribution is 5.82. The van der Waals surface area contributed by atoms with Crippen LogP contribution in [0.25, 0.3) is 22.4 Å². The zero-order valence-corrected chi connectivity index (χ0v) is 17.8. The number of pyridine rings is 1. The summed E-state index contributed by atoms with van der Waals surface area (Å²) in [5, 5.41) is 0. The highest BCUT2D eigenvalue weighted by Crippen LogP contribution is 2.37. The van der Waals surface area contributed by atoms with Gasteiger partial charge in [0.25, 0.3) is 0 Å². The second kappa shape index (κ2) is 9.31. The van der Waals surface area contributed by atoms with Crippen molar-refractivity contribution in [3.63, 3.8) is 0 Å². The van der Waals surface area contributed by atoms with E-state index in [4.69, 9.17) is 11.5 Å². The second-order valence-corrected chi connectivity index (χ2v) is 8.23. The van der Waals surface area contributed by atoms with Crippen LogP contribution in [0.3, 0.4) is 0 Å². The van der Waals surface area contributed by atoms with Crippen LogP contribution in [-0.4, -0.2) is 46.5 Å². The Morgan fingerprint density at radius 3 is 2.45 bits per heavy atom. The van der Waals surface area contributed by atoms with Crippen LogP contribution in [0.1, 0.15) is 31.4 Å². The van der Waals surface area contributed by atoms with E-state index in [0.29, 0.717) is 5.92 Å². The second-order valence-electron chi connectivity index (χ2n) is 8.23. The number of aromatic nitrogens is 2. The van der Waals surface area contributed by atoms with Crippen molar-refractivity contribution in [2.24, 2.45) is 16.5 Å². The third kappa shape index (κ3) is 5.11. The molecular weight excluding hydrogens is 391 g/mol. The Morgan fingerprint density at radius 2 is 1.81 bits per heavy atom. The third-order valence-corrected chi connectivity index (χ3v) is 5.88. The number of H-pyrrole nitrogens is 1. The topological polar surface area (TPSA) is 96.3 Å². The molecule has 4 rings (SSSR count). The maximum atomic E-state index is 13.5. The van der Waals surface area contributed by atoms with Gasteiger partial charge in [-0.1, -0.05) is 0 Å². The molecule has 2 aromatic heterocycles. The highest BCUT2D eigenvalue weighted by atomic mass is 19.1. The number of likely N-dealkylation sites (tertiary alicyclic amines) is 1. The Kier molecular flexibility index (Phi) is 6.32. The minimum absolute atomic E-state index is 0.0930. The molecule has 162 valence electrons. The summed E-state index contributed by atoms with van der Waals surface area (Å²) in [6, 6.07) is 13.0. The van der Waals surface area contributed by atoms with Gasteiger partial charge in [-0.2, -0.15) is 0 Å². The largest absolute Gasteiger partial charge is 0.370 e. The summed E-state index contributed by atoms with van der Waals surface area (Å²) in [7, 11) is 0. The summed E-state index contributed by atoms with van der Waals surface area (Å²) in [5.41, 5.74) is 16.4. The predicted molar refractivity (Wildman–Crippen MR) is 123 cm³/mol. The van der Waals surface area contributed by atoms with Gasteiger partial charge in [-0.3, -0.25) is 4.98 Å². The average molecular weight is 421 g/mol. The summed E-state index contributed by atoms with van der Waals surface area (Å²) in [6.45, 7) is 4.90. The average Bonchev–Trinajstić information content (AvgIpc) is 3.20. The van der Waals surface area contributed by atoms with Gasteiger partial charge < -0.3 is 21.4 Å². The summed E-state index contributed by atoms with van der Waals surface area (Å²) in [5.74, 6) is 0.360. The van der Waals surface area contributed by atoms with E-state index in [1.54, 1.807) is 12.4 Å². The van der Waals surface area contributed by atoms with Crippen LogP contribution in [0.4, 0.5) is 4.39 Å². The Bertz CT molecular complexity index is 1020. The van der Waals surface area contributed by atoms with Crippen molar-refractivity contribution in [3.05, 3.63) is 66.4 Å². The maximum absolute atomic E-state index is 13.5. The number of hydrogen-bond acceptors (Lipinski definition) is 3. The van der Waals surface area contributed by atoms with Gasteiger partial charge in [0.15, 0.2) is 5.96 Å². The number of nitrogens with one attached hydrogen (secondary N) is 1. The van der Waals surface area contributed by atoms with Crippen molar-refractivity contribution in [1.82, 2.24) is 14.9 Å². The van der Waals surface area contributed by atoms with E-state index in [-0.39, 0.29) is 17.8 Å². The number of guanidine groups is 1. The van der Waals surface area contributed by atoms with Gasteiger partial charge in [-0.15, -0.1) is 0 Å². The van der Waals surface area contributed by atoms with E-state index < -0.39 is 0 Å². The van der Waals surface area contributed by atoms with Gasteiger partial charge in [-0.25, -0.2) is 9.38 Å². The van der Waals surface area contributed by atoms with E-state index in [2.05, 4.69) is 25.9 Å². The molecule has 5 N–H and O–H groups in total. The molecule has 0 saturated carbocycles. The fourth-order valence-corrected chi connectivity index (χ4v) is 4.39. The van der Waals surface area contributed by atoms with Gasteiger partial charge in [0.05, 0.1) is 11.7 Å². The number of aliphatic imine (C=N–C) groups is 1. The summed E-state index contributed by atoms with van der Waals surface area (Å²) in [6.07, 6.45) is 5.72. The van der Waals surface area contributed by atoms with Crippen LogP contribution in [-0.2, 0) is 0 Å². The molecule has 0 aliphatic carbocycles. The molecule has 31 heavy (non-hydrogen) atoms. The van der Waals surface area contributed by atoms with Crippen LogP contribution in [0, 0.1) is 5.82 Å². The standard InChI is InChI=1S/C24H29FN6/c1-16(29-24(26)27)15-31-12-8-18(9-13-31)22-14-21(17-6-10-28-11-7-17)23(30-22)19-2-4-20(25)5-3-19/h2-7,10-11,14,16,18,30H,8-9,12-13,15H2,1H3,(H4,26,27,29)/t16-/m0/s1. The zero-order chi connectivity index (χ0) is 21.8. The molecule has 1 fully saturated rings. The molecule has 0 amide bonds. The SMILES string of the molecule is C[C@@H](CN1CCC(c2cc(-c3ccncc3)c(-c3ccc(F)cc3)[nH]2)CC1)N=C(N)N. The maximum Gasteiger partial charge on any atom is 0.186 e. The number of rotatable bonds is 6. The third-order valence-electron chi connectivity index (χ3n) is 5.88. The molecule has 0 bridgehead atoms. The molecule has 7 heteroatoms. The Labute approximate surface area is 182 Å². The normalized spacial score (nSPS) is 16.2. The van der Waals surface area contributed by atoms with E-state index in [1.807, 2.05) is 31.2 Å². The molecule has 1 atom stereocenters. The lowest BCUT2D eigenvalue weighted by Crippen LogP contribution is -2.38. The Hall–Kier alpha value is -3.19. The fourth-order valence-electron chi connectivity index (χ4n) is 4.39. The quantitative estimate of drug-likeness (QED) is 0.418. The number of halogens is 1. The lowest BCUT2D eigenvalue weighted by Gasteiger charge is -2.32. The van der Waals surface area contributed by atoms with E-state index in [9.17, 15) is 4.39 Å². The Balaban J connectivity index is 1.54. The smallest absolute Gasteiger partial charge is 0.186 e. The fraction of sp³-hybridized carbons (Fsp3) is 0.333. The van der Waals surface area contributed by atoms with Crippen LogP contribution in [0.5, 0.6) is 0 Å². The van der Waals surface area contributed by atoms with Crippen LogP contribution in [0.15, 0.2) is 59.9 Å². The molecule has 1 aliphatic heterocycles. The first-order chi connectivity index (χ1) is 15.0. The minimum Gasteiger partial charge on any atom is -0.370 e. The highest BCUT2D eigenvalue weighted by Gasteiger charge is 2.24. The lowest BCUT2D eigenvalue weighted by molar-refractivity contribution is 0.203. The van der Waals surface area contributed by atoms with Crippen molar-refractivity contribution >= 4 is 5.96 Å². The molecule has 6 nitrogen and oxygen atoms in total. The lowest BCUT2D eigenvalue weighted by atomic mass is 9.92. The minimum atomic E-state index is -0.233. The first kappa shape index (κ1) is 21.1. The van der Waals surface area contributed by atoms with E-state index in [0.717, 1.165) is 54.9 Å². The van der Waals surface area contributed by atoms with Crippen molar-refractivity contribution in [2.45, 2.75) is 31.7 Å². The van der Waals surface area contributed by atoms with Gasteiger partial charge in [0.2, 0.25) is 0 Å². The molecule has 0 spiro atoms. The molecule has 1 aliphatic rings. The van der Waals surface area contributed by atoms with Crippen LogP contribution in [0.2, 0.25) is 0 Å². The van der Waals surface area contributed by atoms with E-state index in [1.165, 1.54) is 17.8 Å². The monoisotopic (exact) mass is 420 g/mol. The van der Waals surface area contributed by atoms with Crippen LogP contribution >= 0.6 is 0 Å². The van der Waals surface area contributed by atoms with Gasteiger partial charge in [0, 0.05) is 36.1 Å². The number of benzene rings is 1. The number of piperidine rings is 1. The van der Waals surface area contributed by atoms with E-state index >= 15 is 0 Å². The van der Waals surface area contributed by atoms with Crippen molar-refractivity contribution in [3.8, 4) is 22.4 Å². The molecule has 1 saturated heterocycles. The molecule has 3 heterocycles. The zero-order valence-electron chi connectivity index (χ0n) is 17.8. The van der Waals surface area contributed by atoms with Gasteiger partial charge in [-0.05, 0) is 86.4 Å². The molecular formula is C24H29FN6. The van der Waals surface area contributed by atoms with Crippen molar-refractivity contribution in [1.29, 1.82) is 0 Å². The first-order valence-corrected chi connectivity index (χ1v) is 10.7. The summed E-state index contributed by atoms with van der Waals surface area (Å²) in [4.78, 5) is 14.4. The first-order valence-electron chi connectivity index (χ1n) is 10.7. The summed E-state index contributed by atoms with van der Waals surface area (Å²) < 4.78 is 13.5. The molecule has 3 aromatic rings. The number of nitrogens with two attached hydrogens (primary N) is 2. The molecule has 0 unspecified atom stereocenters. The molecule has 1 aromatic carbocycles. The predicted octanol–water partition coefficient (Wildman–Crippen LogP) is 3.72. The molecule has 0 radical (unpaired) electrons.